The van der Waals surface area contributed by atoms with Crippen molar-refractivity contribution in [3.63, 3.8) is 0 Å². The number of rotatable bonds is 6. The van der Waals surface area contributed by atoms with Crippen molar-refractivity contribution >= 4 is 33.3 Å². The molecule has 0 aliphatic heterocycles. The minimum atomic E-state index is 0.635. The van der Waals surface area contributed by atoms with Crippen molar-refractivity contribution in [3.05, 3.63) is 54.4 Å². The molecular formula is C18H16N4OS2. The summed E-state index contributed by atoms with van der Waals surface area (Å²) in [5.41, 5.74) is 1.20. The summed E-state index contributed by atoms with van der Waals surface area (Å²) in [6.07, 6.45) is 3.44. The van der Waals surface area contributed by atoms with Crippen LogP contribution in [0.3, 0.4) is 0 Å². The first-order valence-electron chi connectivity index (χ1n) is 8.07. The lowest BCUT2D eigenvalue weighted by molar-refractivity contribution is 0.373. The summed E-state index contributed by atoms with van der Waals surface area (Å²) in [5.74, 6) is 2.04. The summed E-state index contributed by atoms with van der Waals surface area (Å²) in [4.78, 5) is 15.5. The van der Waals surface area contributed by atoms with Gasteiger partial charge in [0.1, 0.15) is 16.2 Å². The Morgan fingerprint density at radius 2 is 2.04 bits per heavy atom. The van der Waals surface area contributed by atoms with E-state index in [2.05, 4.69) is 45.2 Å². The lowest BCUT2D eigenvalue weighted by atomic mass is 10.2. The van der Waals surface area contributed by atoms with E-state index < -0.39 is 0 Å². The zero-order chi connectivity index (χ0) is 17.1. The Kier molecular flexibility index (Phi) is 4.76. The first kappa shape index (κ1) is 16.2. The number of aryl methyl sites for hydroxylation is 1. The molecule has 0 aliphatic carbocycles. The molecule has 3 heterocycles. The Labute approximate surface area is 153 Å². The van der Waals surface area contributed by atoms with Crippen molar-refractivity contribution in [1.29, 1.82) is 0 Å². The number of nitrogens with zero attached hydrogens (tertiary/aromatic N) is 4. The first-order valence-corrected chi connectivity index (χ1v) is 9.88. The van der Waals surface area contributed by atoms with Gasteiger partial charge in [-0.25, -0.2) is 9.97 Å². The molecule has 0 amide bonds. The third-order valence-electron chi connectivity index (χ3n) is 3.66. The highest BCUT2D eigenvalue weighted by Crippen LogP contribution is 2.36. The number of aromatic nitrogens is 4. The van der Waals surface area contributed by atoms with Gasteiger partial charge in [0, 0.05) is 16.7 Å². The van der Waals surface area contributed by atoms with E-state index in [9.17, 15) is 0 Å². The Morgan fingerprint density at radius 1 is 1.16 bits per heavy atom. The fraction of sp³-hybridized carbons (Fsp3) is 0.222. The Morgan fingerprint density at radius 3 is 2.88 bits per heavy atom. The number of thioether (sulfide) groups is 1. The Balaban J connectivity index is 1.58. The number of hydrogen-bond acceptors (Lipinski definition) is 7. The summed E-state index contributed by atoms with van der Waals surface area (Å²) >= 11 is 3.30. The van der Waals surface area contributed by atoms with Crippen LogP contribution in [0.15, 0.2) is 52.3 Å². The Hall–Kier alpha value is -2.25. The lowest BCUT2D eigenvalue weighted by Crippen LogP contribution is -1.88. The minimum absolute atomic E-state index is 0.635. The first-order chi connectivity index (χ1) is 12.3. The highest BCUT2D eigenvalue weighted by molar-refractivity contribution is 7.98. The van der Waals surface area contributed by atoms with Gasteiger partial charge in [-0.1, -0.05) is 54.2 Å². The van der Waals surface area contributed by atoms with Crippen LogP contribution < -0.4 is 0 Å². The molecule has 0 fully saturated rings. The van der Waals surface area contributed by atoms with E-state index in [-0.39, 0.29) is 0 Å². The van der Waals surface area contributed by atoms with Crippen LogP contribution in [0, 0.1) is 0 Å². The predicted molar refractivity (Wildman–Crippen MR) is 101 cm³/mol. The molecule has 0 bridgehead atoms. The standard InChI is InChI=1S/C18H16N4OS2/c1-2-6-16-21-15(22-23-16)10-24-17-13-9-14(12-7-4-3-5-8-12)25-18(13)20-11-19-17/h3-5,7-9,11H,2,6,10H2,1H3. The molecule has 3 aromatic heterocycles. The number of benzene rings is 1. The molecule has 5 nitrogen and oxygen atoms in total. The molecule has 0 spiro atoms. The quantitative estimate of drug-likeness (QED) is 0.353. The lowest BCUT2D eigenvalue weighted by Gasteiger charge is -1.98. The maximum absolute atomic E-state index is 5.24. The highest BCUT2D eigenvalue weighted by Gasteiger charge is 2.12. The van der Waals surface area contributed by atoms with Crippen LogP contribution in [0.25, 0.3) is 20.7 Å². The zero-order valence-electron chi connectivity index (χ0n) is 13.7. The second-order valence-electron chi connectivity index (χ2n) is 5.52. The normalized spacial score (nSPS) is 11.2. The summed E-state index contributed by atoms with van der Waals surface area (Å²) in [7, 11) is 0. The van der Waals surface area contributed by atoms with Crippen molar-refractivity contribution < 1.29 is 4.52 Å². The van der Waals surface area contributed by atoms with Crippen LogP contribution in [0.5, 0.6) is 0 Å². The predicted octanol–water partition coefficient (Wildman–Crippen LogP) is 4.99. The maximum atomic E-state index is 5.24. The topological polar surface area (TPSA) is 64.7 Å². The van der Waals surface area contributed by atoms with Crippen LogP contribution in [-0.2, 0) is 12.2 Å². The van der Waals surface area contributed by atoms with Crippen LogP contribution in [0.4, 0.5) is 0 Å². The number of fused-ring (bicyclic) bond motifs is 1. The van der Waals surface area contributed by atoms with Gasteiger partial charge in [-0.3, -0.25) is 0 Å². The molecule has 0 unspecified atom stereocenters. The van der Waals surface area contributed by atoms with Crippen molar-refractivity contribution in [2.45, 2.75) is 30.5 Å². The van der Waals surface area contributed by atoms with Gasteiger partial charge < -0.3 is 4.52 Å². The third-order valence-corrected chi connectivity index (χ3v) is 5.76. The van der Waals surface area contributed by atoms with E-state index in [1.165, 1.54) is 10.4 Å². The zero-order valence-corrected chi connectivity index (χ0v) is 15.3. The second-order valence-corrected chi connectivity index (χ2v) is 7.51. The van der Waals surface area contributed by atoms with Crippen LogP contribution in [0.2, 0.25) is 0 Å². The van der Waals surface area contributed by atoms with Gasteiger partial charge >= 0.3 is 0 Å². The molecule has 1 aromatic carbocycles. The average Bonchev–Trinajstić information content (AvgIpc) is 3.28. The van der Waals surface area contributed by atoms with Crippen LogP contribution in [0.1, 0.15) is 25.1 Å². The summed E-state index contributed by atoms with van der Waals surface area (Å²) < 4.78 is 5.24. The van der Waals surface area contributed by atoms with Gasteiger partial charge in [0.2, 0.25) is 5.89 Å². The molecule has 0 N–H and O–H groups in total. The fourth-order valence-corrected chi connectivity index (χ4v) is 4.38. The molecule has 4 aromatic rings. The van der Waals surface area contributed by atoms with Crippen LogP contribution >= 0.6 is 23.1 Å². The fourth-order valence-electron chi connectivity index (χ4n) is 2.49. The van der Waals surface area contributed by atoms with E-state index in [0.717, 1.165) is 28.1 Å². The summed E-state index contributed by atoms with van der Waals surface area (Å²) in [6.45, 7) is 2.09. The summed E-state index contributed by atoms with van der Waals surface area (Å²) in [6, 6.07) is 12.5. The van der Waals surface area contributed by atoms with Gasteiger partial charge in [0.05, 0.1) is 5.75 Å². The summed E-state index contributed by atoms with van der Waals surface area (Å²) in [5, 5.41) is 6.06. The highest BCUT2D eigenvalue weighted by atomic mass is 32.2. The molecule has 0 aliphatic rings. The molecule has 126 valence electrons. The average molecular weight is 368 g/mol. The second kappa shape index (κ2) is 7.33. The largest absolute Gasteiger partial charge is 0.339 e. The van der Waals surface area contributed by atoms with Gasteiger partial charge in [0.25, 0.3) is 0 Å². The molecule has 0 saturated carbocycles. The molecular weight excluding hydrogens is 352 g/mol. The van der Waals surface area contributed by atoms with Crippen molar-refractivity contribution in [3.8, 4) is 10.4 Å². The number of hydrogen-bond donors (Lipinski definition) is 0. The Bertz CT molecular complexity index is 981. The van der Waals surface area contributed by atoms with Crippen molar-refractivity contribution in [1.82, 2.24) is 20.1 Å². The van der Waals surface area contributed by atoms with E-state index in [1.54, 1.807) is 29.4 Å². The van der Waals surface area contributed by atoms with E-state index >= 15 is 0 Å². The molecule has 0 atom stereocenters. The van der Waals surface area contributed by atoms with Crippen molar-refractivity contribution in [2.24, 2.45) is 0 Å². The van der Waals surface area contributed by atoms with Gasteiger partial charge in [-0.05, 0) is 18.1 Å². The maximum Gasteiger partial charge on any atom is 0.226 e. The third kappa shape index (κ3) is 3.57. The molecule has 0 radical (unpaired) electrons. The minimum Gasteiger partial charge on any atom is -0.339 e. The van der Waals surface area contributed by atoms with Gasteiger partial charge in [-0.15, -0.1) is 11.3 Å². The van der Waals surface area contributed by atoms with Gasteiger partial charge in [0.15, 0.2) is 5.82 Å². The van der Waals surface area contributed by atoms with Crippen LogP contribution in [-0.4, -0.2) is 20.1 Å². The SMILES string of the molecule is CCCc1nc(CSc2ncnc3sc(-c4ccccc4)cc23)no1. The number of thiophene rings is 1. The molecule has 4 rings (SSSR count). The molecule has 25 heavy (non-hydrogen) atoms. The smallest absolute Gasteiger partial charge is 0.226 e. The monoisotopic (exact) mass is 368 g/mol. The molecule has 0 saturated heterocycles. The molecule has 7 heteroatoms. The van der Waals surface area contributed by atoms with E-state index in [1.807, 2.05) is 18.2 Å². The van der Waals surface area contributed by atoms with Crippen molar-refractivity contribution in [2.75, 3.05) is 0 Å². The van der Waals surface area contributed by atoms with E-state index in [4.69, 9.17) is 4.52 Å². The van der Waals surface area contributed by atoms with E-state index in [0.29, 0.717) is 17.5 Å². The van der Waals surface area contributed by atoms with Gasteiger partial charge in [-0.2, -0.15) is 4.98 Å².